The first kappa shape index (κ1) is 23.8. The third-order valence-electron chi connectivity index (χ3n) is 3.89. The quantitative estimate of drug-likeness (QED) is 0.382. The second-order valence-electron chi connectivity index (χ2n) is 6.50. The number of aliphatic hydroxyl groups is 2. The molecule has 0 aromatic heterocycles. The van der Waals surface area contributed by atoms with E-state index in [1.807, 2.05) is 38.1 Å². The Bertz CT molecular complexity index is 836. The van der Waals surface area contributed by atoms with Gasteiger partial charge in [-0.2, -0.15) is 8.42 Å². The lowest BCUT2D eigenvalue weighted by molar-refractivity contribution is -0.0148. The molecule has 2 N–H and O–H groups in total. The van der Waals surface area contributed by atoms with E-state index in [2.05, 4.69) is 0 Å². The van der Waals surface area contributed by atoms with Gasteiger partial charge in [-0.05, 0) is 38.1 Å². The molecular weight excluding hydrogens is 416 g/mol. The summed E-state index contributed by atoms with van der Waals surface area (Å²) in [6.45, 7) is 2.87. The Kier molecular flexibility index (Phi) is 9.57. The summed E-state index contributed by atoms with van der Waals surface area (Å²) in [5, 5.41) is 18.9. The molecule has 0 aliphatic heterocycles. The second-order valence-corrected chi connectivity index (χ2v) is 8.91. The summed E-state index contributed by atoms with van der Waals surface area (Å²) < 4.78 is 40.6. The molecule has 2 aromatic carbocycles. The topological polar surface area (TPSA) is 102 Å². The zero-order valence-corrected chi connectivity index (χ0v) is 18.0. The zero-order valence-electron chi connectivity index (χ0n) is 16.4. The fraction of sp³-hybridized carbons (Fsp3) is 0.400. The lowest BCUT2D eigenvalue weighted by atomic mass is 10.2. The predicted molar refractivity (Wildman–Crippen MR) is 110 cm³/mol. The van der Waals surface area contributed by atoms with Gasteiger partial charge in [0.2, 0.25) is 0 Å². The van der Waals surface area contributed by atoms with E-state index >= 15 is 0 Å². The van der Waals surface area contributed by atoms with Crippen molar-refractivity contribution in [1.82, 2.24) is 0 Å². The van der Waals surface area contributed by atoms with Gasteiger partial charge in [0.25, 0.3) is 10.1 Å². The summed E-state index contributed by atoms with van der Waals surface area (Å²) in [6, 6.07) is 13.9. The number of ether oxygens (including phenoxy) is 1. The van der Waals surface area contributed by atoms with Gasteiger partial charge >= 0.3 is 0 Å². The van der Waals surface area contributed by atoms with Crippen LogP contribution < -0.4 is 0 Å². The first-order valence-electron chi connectivity index (χ1n) is 9.03. The van der Waals surface area contributed by atoms with E-state index in [4.69, 9.17) is 13.1 Å². The zero-order chi connectivity index (χ0) is 21.3. The Hall–Kier alpha value is -1.46. The van der Waals surface area contributed by atoms with E-state index in [0.717, 1.165) is 28.1 Å². The van der Waals surface area contributed by atoms with Crippen LogP contribution in [0.1, 0.15) is 11.1 Å². The standard InChI is InChI=1S/C20H26O7S2/c1-15-3-7-19(8-4-15)28-26-17(11-21)13-25-14-18(12-22)27-29(23,24)20-9-5-16(2)6-10-20/h3-10,17-18,21-22H,11-14H2,1-2H3. The normalized spacial score (nSPS) is 13.9. The molecule has 0 aliphatic rings. The van der Waals surface area contributed by atoms with Crippen LogP contribution in [0.4, 0.5) is 0 Å². The van der Waals surface area contributed by atoms with Crippen molar-refractivity contribution in [1.29, 1.82) is 0 Å². The first-order chi connectivity index (χ1) is 13.8. The van der Waals surface area contributed by atoms with Crippen LogP contribution >= 0.6 is 12.0 Å². The molecule has 0 spiro atoms. The van der Waals surface area contributed by atoms with Gasteiger partial charge in [-0.1, -0.05) is 35.4 Å². The van der Waals surface area contributed by atoms with Crippen molar-refractivity contribution in [2.24, 2.45) is 0 Å². The second kappa shape index (κ2) is 11.7. The first-order valence-corrected chi connectivity index (χ1v) is 11.2. The fourth-order valence-electron chi connectivity index (χ4n) is 2.21. The highest BCUT2D eigenvalue weighted by Crippen LogP contribution is 2.21. The average Bonchev–Trinajstić information content (AvgIpc) is 2.71. The molecule has 0 fully saturated rings. The molecule has 160 valence electrons. The Labute approximate surface area is 176 Å². The van der Waals surface area contributed by atoms with Crippen LogP contribution in [0.15, 0.2) is 58.3 Å². The van der Waals surface area contributed by atoms with E-state index in [1.165, 1.54) is 12.1 Å². The van der Waals surface area contributed by atoms with Crippen LogP contribution in [0.3, 0.4) is 0 Å². The molecule has 0 saturated carbocycles. The largest absolute Gasteiger partial charge is 0.394 e. The van der Waals surface area contributed by atoms with Gasteiger partial charge in [-0.25, -0.2) is 0 Å². The number of benzene rings is 2. The summed E-state index contributed by atoms with van der Waals surface area (Å²) in [5.41, 5.74) is 2.05. The van der Waals surface area contributed by atoms with E-state index in [-0.39, 0.29) is 24.7 Å². The molecule has 29 heavy (non-hydrogen) atoms. The van der Waals surface area contributed by atoms with Crippen molar-refractivity contribution in [3.05, 3.63) is 59.7 Å². The number of aliphatic hydroxyl groups excluding tert-OH is 2. The molecule has 9 heteroatoms. The van der Waals surface area contributed by atoms with Crippen LogP contribution in [-0.4, -0.2) is 57.3 Å². The minimum absolute atomic E-state index is 0.00705. The smallest absolute Gasteiger partial charge is 0.297 e. The maximum atomic E-state index is 12.3. The Balaban J connectivity index is 1.81. The maximum absolute atomic E-state index is 12.3. The van der Waals surface area contributed by atoms with Crippen molar-refractivity contribution in [2.45, 2.75) is 35.8 Å². The van der Waals surface area contributed by atoms with Gasteiger partial charge in [0.15, 0.2) is 0 Å². The van der Waals surface area contributed by atoms with Gasteiger partial charge in [-0.15, -0.1) is 0 Å². The number of hydrogen-bond acceptors (Lipinski definition) is 8. The molecule has 2 unspecified atom stereocenters. The van der Waals surface area contributed by atoms with Crippen LogP contribution in [-0.2, 0) is 23.2 Å². The Morgan fingerprint density at radius 1 is 0.862 bits per heavy atom. The van der Waals surface area contributed by atoms with Gasteiger partial charge in [0.05, 0.1) is 31.3 Å². The van der Waals surface area contributed by atoms with Gasteiger partial charge in [-0.3, -0.25) is 4.18 Å². The number of aryl methyl sites for hydroxylation is 2. The van der Waals surface area contributed by atoms with E-state index in [1.54, 1.807) is 12.1 Å². The monoisotopic (exact) mass is 442 g/mol. The van der Waals surface area contributed by atoms with E-state index < -0.39 is 28.9 Å². The SMILES string of the molecule is Cc1ccc(SOC(CO)COCC(CO)OS(=O)(=O)c2ccc(C)cc2)cc1. The molecule has 7 nitrogen and oxygen atoms in total. The molecule has 0 bridgehead atoms. The molecule has 0 heterocycles. The fourth-order valence-corrected chi connectivity index (χ4v) is 3.88. The Morgan fingerprint density at radius 3 is 1.93 bits per heavy atom. The number of hydrogen-bond donors (Lipinski definition) is 2. The molecule has 2 rings (SSSR count). The van der Waals surface area contributed by atoms with Crippen LogP contribution in [0, 0.1) is 13.8 Å². The minimum atomic E-state index is -4.02. The molecule has 2 aromatic rings. The summed E-state index contributed by atoms with van der Waals surface area (Å²) >= 11 is 1.12. The van der Waals surface area contributed by atoms with Crippen molar-refractivity contribution in [2.75, 3.05) is 26.4 Å². The van der Waals surface area contributed by atoms with Crippen LogP contribution in [0.5, 0.6) is 0 Å². The van der Waals surface area contributed by atoms with Gasteiger partial charge in [0, 0.05) is 16.9 Å². The number of rotatable bonds is 12. The summed E-state index contributed by atoms with van der Waals surface area (Å²) in [6.07, 6.45) is -1.68. The van der Waals surface area contributed by atoms with E-state index in [9.17, 15) is 18.6 Å². The van der Waals surface area contributed by atoms with E-state index in [0.29, 0.717) is 0 Å². The lowest BCUT2D eigenvalue weighted by Gasteiger charge is -2.18. The Morgan fingerprint density at radius 2 is 1.38 bits per heavy atom. The molecule has 2 atom stereocenters. The molecular formula is C20H26O7S2. The highest BCUT2D eigenvalue weighted by atomic mass is 32.2. The highest BCUT2D eigenvalue weighted by molar-refractivity contribution is 7.94. The van der Waals surface area contributed by atoms with Gasteiger partial charge in [0.1, 0.15) is 12.2 Å². The third kappa shape index (κ3) is 8.06. The maximum Gasteiger partial charge on any atom is 0.297 e. The van der Waals surface area contributed by atoms with Crippen molar-refractivity contribution < 1.29 is 31.7 Å². The summed E-state index contributed by atoms with van der Waals surface area (Å²) in [4.78, 5) is 0.891. The molecule has 0 amide bonds. The lowest BCUT2D eigenvalue weighted by Crippen LogP contribution is -2.30. The summed E-state index contributed by atoms with van der Waals surface area (Å²) in [5.74, 6) is 0. The molecule has 0 aliphatic carbocycles. The van der Waals surface area contributed by atoms with Crippen LogP contribution in [0.2, 0.25) is 0 Å². The average molecular weight is 443 g/mol. The highest BCUT2D eigenvalue weighted by Gasteiger charge is 2.22. The molecule has 0 radical (unpaired) electrons. The van der Waals surface area contributed by atoms with Crippen molar-refractivity contribution in [3.63, 3.8) is 0 Å². The minimum Gasteiger partial charge on any atom is -0.394 e. The van der Waals surface area contributed by atoms with Crippen molar-refractivity contribution in [3.8, 4) is 0 Å². The van der Waals surface area contributed by atoms with Crippen LogP contribution in [0.25, 0.3) is 0 Å². The van der Waals surface area contributed by atoms with Gasteiger partial charge < -0.3 is 19.1 Å². The third-order valence-corrected chi connectivity index (χ3v) is 6.10. The predicted octanol–water partition coefficient (Wildman–Crippen LogP) is 2.47. The molecule has 0 saturated heterocycles. The summed E-state index contributed by atoms with van der Waals surface area (Å²) in [7, 11) is -4.02. The van der Waals surface area contributed by atoms with Crippen molar-refractivity contribution >= 4 is 22.2 Å².